The Bertz CT molecular complexity index is 712. The van der Waals surface area contributed by atoms with E-state index in [1.807, 2.05) is 12.1 Å². The quantitative estimate of drug-likeness (QED) is 0.805. The smallest absolute Gasteiger partial charge is 0.132 e. The topological polar surface area (TPSA) is 29.0 Å². The Morgan fingerprint density at radius 1 is 0.920 bits per heavy atom. The molecule has 3 nitrogen and oxygen atoms in total. The number of benzene rings is 1. The van der Waals surface area contributed by atoms with Gasteiger partial charge in [-0.15, -0.1) is 0 Å². The molecule has 0 radical (unpaired) electrons. The number of nitrogens with zero attached hydrogens (tertiary/aromatic N) is 3. The summed E-state index contributed by atoms with van der Waals surface area (Å²) in [5.41, 5.74) is 2.25. The molecule has 25 heavy (non-hydrogen) atoms. The van der Waals surface area contributed by atoms with Crippen LogP contribution in [0.15, 0.2) is 36.7 Å². The maximum Gasteiger partial charge on any atom is 0.132 e. The van der Waals surface area contributed by atoms with Crippen LogP contribution in [-0.2, 0) is 0 Å². The average Bonchev–Trinajstić information content (AvgIpc) is 2.69. The molecule has 0 unspecified atom stereocenters. The molecule has 2 heterocycles. The Kier molecular flexibility index (Phi) is 5.07. The number of aromatic nitrogens is 2. The Morgan fingerprint density at radius 2 is 1.72 bits per heavy atom. The van der Waals surface area contributed by atoms with Crippen molar-refractivity contribution in [2.75, 3.05) is 13.1 Å². The third-order valence-corrected chi connectivity index (χ3v) is 5.79. The summed E-state index contributed by atoms with van der Waals surface area (Å²) >= 11 is 0. The molecule has 0 N–H and O–H groups in total. The average molecular weight is 339 g/mol. The number of rotatable bonds is 3. The summed E-state index contributed by atoms with van der Waals surface area (Å²) in [6.07, 6.45) is 12.5. The molecule has 2 fully saturated rings. The van der Waals surface area contributed by atoms with Gasteiger partial charge in [0, 0.05) is 36.5 Å². The zero-order valence-electron chi connectivity index (χ0n) is 14.7. The van der Waals surface area contributed by atoms with Crippen LogP contribution in [0.4, 0.5) is 4.39 Å². The van der Waals surface area contributed by atoms with Crippen LogP contribution in [0.3, 0.4) is 0 Å². The minimum atomic E-state index is -0.218. The monoisotopic (exact) mass is 339 g/mol. The van der Waals surface area contributed by atoms with E-state index in [0.717, 1.165) is 30.4 Å². The van der Waals surface area contributed by atoms with Gasteiger partial charge < -0.3 is 0 Å². The maximum atomic E-state index is 14.3. The van der Waals surface area contributed by atoms with Gasteiger partial charge in [0.1, 0.15) is 5.82 Å². The van der Waals surface area contributed by atoms with Crippen LogP contribution in [0.5, 0.6) is 0 Å². The van der Waals surface area contributed by atoms with Crippen molar-refractivity contribution in [1.29, 1.82) is 0 Å². The molecule has 1 aromatic heterocycles. The zero-order chi connectivity index (χ0) is 17.1. The summed E-state index contributed by atoms with van der Waals surface area (Å²) in [5.74, 6) is 0.128. The van der Waals surface area contributed by atoms with E-state index < -0.39 is 0 Å². The van der Waals surface area contributed by atoms with Gasteiger partial charge in [0.2, 0.25) is 0 Å². The van der Waals surface area contributed by atoms with E-state index in [-0.39, 0.29) is 5.82 Å². The zero-order valence-corrected chi connectivity index (χ0v) is 14.7. The van der Waals surface area contributed by atoms with E-state index in [2.05, 4.69) is 14.9 Å². The van der Waals surface area contributed by atoms with Crippen molar-refractivity contribution in [3.05, 3.63) is 48.2 Å². The summed E-state index contributed by atoms with van der Waals surface area (Å²) in [4.78, 5) is 11.8. The highest BCUT2D eigenvalue weighted by Gasteiger charge is 2.30. The van der Waals surface area contributed by atoms with Gasteiger partial charge in [0.25, 0.3) is 0 Å². The molecule has 1 saturated heterocycles. The molecule has 1 aliphatic heterocycles. The van der Waals surface area contributed by atoms with E-state index in [1.54, 1.807) is 18.5 Å². The number of hydrogen-bond acceptors (Lipinski definition) is 3. The molecule has 2 aromatic rings. The summed E-state index contributed by atoms with van der Waals surface area (Å²) in [5, 5.41) is 0. The molecule has 2 aliphatic rings. The van der Waals surface area contributed by atoms with Crippen LogP contribution in [-0.4, -0.2) is 34.0 Å². The molecule has 4 heteroatoms. The second kappa shape index (κ2) is 7.61. The summed E-state index contributed by atoms with van der Waals surface area (Å²) in [6.45, 7) is 2.22. The van der Waals surface area contributed by atoms with Crippen molar-refractivity contribution in [2.45, 2.75) is 56.9 Å². The molecule has 132 valence electrons. The van der Waals surface area contributed by atoms with Crippen LogP contribution < -0.4 is 0 Å². The van der Waals surface area contributed by atoms with Crippen molar-refractivity contribution in [2.24, 2.45) is 0 Å². The number of hydrogen-bond donors (Lipinski definition) is 0. The summed E-state index contributed by atoms with van der Waals surface area (Å²) in [7, 11) is 0. The third-order valence-electron chi connectivity index (χ3n) is 5.79. The van der Waals surface area contributed by atoms with Crippen LogP contribution in [0.2, 0.25) is 0 Å². The van der Waals surface area contributed by atoms with E-state index in [0.29, 0.717) is 11.5 Å². The first-order valence-electron chi connectivity index (χ1n) is 9.63. The Hall–Kier alpha value is -1.81. The number of halogens is 1. The van der Waals surface area contributed by atoms with E-state index >= 15 is 0 Å². The summed E-state index contributed by atoms with van der Waals surface area (Å²) in [6, 6.07) is 7.63. The number of piperidine rings is 1. The van der Waals surface area contributed by atoms with Crippen LogP contribution in [0, 0.1) is 5.82 Å². The number of likely N-dealkylation sites (tertiary alicyclic amines) is 1. The standard InChI is InChI=1S/C21H26FN3/c22-19-11-5-4-10-18(19)21-20(23-12-13-24-21)16-7-6-14-25(15-16)17-8-2-1-3-9-17/h4-5,10-13,16-17H,1-3,6-9,14-15H2/t16-/m0/s1. The SMILES string of the molecule is Fc1ccccc1-c1nccnc1[C@H]1CCCN(C2CCCCC2)C1. The van der Waals surface area contributed by atoms with Crippen molar-refractivity contribution in [3.8, 4) is 11.3 Å². The molecular formula is C21H26FN3. The molecular weight excluding hydrogens is 313 g/mol. The second-order valence-electron chi connectivity index (χ2n) is 7.40. The minimum absolute atomic E-state index is 0.218. The Balaban J connectivity index is 1.60. The van der Waals surface area contributed by atoms with Gasteiger partial charge in [-0.1, -0.05) is 31.4 Å². The maximum absolute atomic E-state index is 14.3. The summed E-state index contributed by atoms with van der Waals surface area (Å²) < 4.78 is 14.3. The normalized spacial score (nSPS) is 22.8. The predicted molar refractivity (Wildman–Crippen MR) is 97.8 cm³/mol. The van der Waals surface area contributed by atoms with Crippen molar-refractivity contribution in [1.82, 2.24) is 14.9 Å². The molecule has 1 atom stereocenters. The van der Waals surface area contributed by atoms with E-state index in [9.17, 15) is 4.39 Å². The lowest BCUT2D eigenvalue weighted by atomic mass is 9.87. The molecule has 1 aliphatic carbocycles. The van der Waals surface area contributed by atoms with E-state index in [1.165, 1.54) is 51.1 Å². The molecule has 1 saturated carbocycles. The van der Waals surface area contributed by atoms with Gasteiger partial charge in [-0.2, -0.15) is 0 Å². The highest BCUT2D eigenvalue weighted by atomic mass is 19.1. The first kappa shape index (κ1) is 16.6. The van der Waals surface area contributed by atoms with Gasteiger partial charge >= 0.3 is 0 Å². The van der Waals surface area contributed by atoms with Gasteiger partial charge in [0.15, 0.2) is 0 Å². The largest absolute Gasteiger partial charge is 0.300 e. The second-order valence-corrected chi connectivity index (χ2v) is 7.40. The van der Waals surface area contributed by atoms with Crippen LogP contribution in [0.1, 0.15) is 56.6 Å². The molecule has 1 aromatic carbocycles. The predicted octanol–water partition coefficient (Wildman–Crippen LogP) is 4.79. The first-order valence-corrected chi connectivity index (χ1v) is 9.63. The minimum Gasteiger partial charge on any atom is -0.300 e. The highest BCUT2D eigenvalue weighted by Crippen LogP contribution is 2.35. The Morgan fingerprint density at radius 3 is 2.56 bits per heavy atom. The fraction of sp³-hybridized carbons (Fsp3) is 0.524. The van der Waals surface area contributed by atoms with Crippen LogP contribution in [0.25, 0.3) is 11.3 Å². The Labute approximate surface area is 149 Å². The van der Waals surface area contributed by atoms with Crippen LogP contribution >= 0.6 is 0 Å². The van der Waals surface area contributed by atoms with Gasteiger partial charge in [-0.3, -0.25) is 14.9 Å². The van der Waals surface area contributed by atoms with Crippen molar-refractivity contribution >= 4 is 0 Å². The van der Waals surface area contributed by atoms with Gasteiger partial charge in [0.05, 0.1) is 11.4 Å². The lowest BCUT2D eigenvalue weighted by Gasteiger charge is -2.40. The third kappa shape index (κ3) is 3.59. The lowest BCUT2D eigenvalue weighted by Crippen LogP contribution is -2.43. The van der Waals surface area contributed by atoms with Crippen molar-refractivity contribution in [3.63, 3.8) is 0 Å². The lowest BCUT2D eigenvalue weighted by molar-refractivity contribution is 0.118. The van der Waals surface area contributed by atoms with Gasteiger partial charge in [-0.05, 0) is 44.4 Å². The van der Waals surface area contributed by atoms with Gasteiger partial charge in [-0.25, -0.2) is 4.39 Å². The first-order chi connectivity index (χ1) is 12.3. The van der Waals surface area contributed by atoms with Crippen molar-refractivity contribution < 1.29 is 4.39 Å². The molecule has 4 rings (SSSR count). The van der Waals surface area contributed by atoms with E-state index in [4.69, 9.17) is 0 Å². The molecule has 0 amide bonds. The highest BCUT2D eigenvalue weighted by molar-refractivity contribution is 5.62. The molecule has 0 spiro atoms. The fourth-order valence-electron chi connectivity index (χ4n) is 4.52. The molecule has 0 bridgehead atoms. The fourth-order valence-corrected chi connectivity index (χ4v) is 4.52.